The Balaban J connectivity index is 1.53. The molecule has 0 radical (unpaired) electrons. The van der Waals surface area contributed by atoms with Gasteiger partial charge < -0.3 is 4.90 Å². The van der Waals surface area contributed by atoms with Crippen molar-refractivity contribution in [3.8, 4) is 0 Å². The lowest BCUT2D eigenvalue weighted by atomic mass is 9.77. The molecule has 142 valence electrons. The minimum Gasteiger partial charge on any atom is -0.301 e. The van der Waals surface area contributed by atoms with Gasteiger partial charge in [-0.3, -0.25) is 4.90 Å². The molecule has 0 spiro atoms. The van der Waals surface area contributed by atoms with Crippen molar-refractivity contribution in [3.63, 3.8) is 0 Å². The highest BCUT2D eigenvalue weighted by Gasteiger charge is 2.25. The van der Waals surface area contributed by atoms with Gasteiger partial charge in [-0.25, -0.2) is 0 Å². The van der Waals surface area contributed by atoms with E-state index in [2.05, 4.69) is 44.4 Å². The third-order valence-corrected chi connectivity index (χ3v) is 6.53. The van der Waals surface area contributed by atoms with Gasteiger partial charge in [0.25, 0.3) is 0 Å². The van der Waals surface area contributed by atoms with Crippen molar-refractivity contribution in [1.29, 1.82) is 0 Å². The van der Waals surface area contributed by atoms with Crippen molar-refractivity contribution in [2.24, 2.45) is 17.8 Å². The predicted molar refractivity (Wildman–Crippen MR) is 106 cm³/mol. The monoisotopic (exact) mass is 336 g/mol. The van der Waals surface area contributed by atoms with Crippen LogP contribution in [-0.2, 0) is 0 Å². The standard InChI is InChI=1S/C22H44N2/c1-18(2)16-22-11-9-21(10-12-22)8-6-7-13-23-14-15-24(19(3)4)20(5)17-23/h18-22H,6-17H2,1-5H3. The molecule has 0 aromatic heterocycles. The number of nitrogens with zero attached hydrogens (tertiary/aromatic N) is 2. The van der Waals surface area contributed by atoms with E-state index in [1.54, 1.807) is 0 Å². The molecular weight excluding hydrogens is 292 g/mol. The Hall–Kier alpha value is -0.0800. The summed E-state index contributed by atoms with van der Waals surface area (Å²) in [6.07, 6.45) is 11.9. The smallest absolute Gasteiger partial charge is 0.0198 e. The molecule has 2 aliphatic rings. The fourth-order valence-electron chi connectivity index (χ4n) is 5.21. The molecule has 1 atom stereocenters. The topological polar surface area (TPSA) is 6.48 Å². The first-order valence-corrected chi connectivity index (χ1v) is 10.9. The summed E-state index contributed by atoms with van der Waals surface area (Å²) >= 11 is 0. The first kappa shape index (κ1) is 20.2. The normalized spacial score (nSPS) is 30.4. The second-order valence-corrected chi connectivity index (χ2v) is 9.49. The zero-order valence-corrected chi connectivity index (χ0v) is 17.3. The maximum absolute atomic E-state index is 2.71. The molecule has 0 N–H and O–H groups in total. The van der Waals surface area contributed by atoms with Crippen LogP contribution in [0.1, 0.15) is 86.0 Å². The molecular formula is C22H44N2. The van der Waals surface area contributed by atoms with E-state index >= 15 is 0 Å². The molecule has 0 aromatic rings. The SMILES string of the molecule is CC(C)CC1CCC(CCCCN2CCN(C(C)C)C(C)C2)CC1. The number of hydrogen-bond donors (Lipinski definition) is 0. The van der Waals surface area contributed by atoms with Gasteiger partial charge in [0.2, 0.25) is 0 Å². The van der Waals surface area contributed by atoms with E-state index in [9.17, 15) is 0 Å². The molecule has 0 aromatic carbocycles. The van der Waals surface area contributed by atoms with Crippen LogP contribution in [0.2, 0.25) is 0 Å². The Kier molecular flexibility index (Phi) is 8.57. The van der Waals surface area contributed by atoms with E-state index in [-0.39, 0.29) is 0 Å². The van der Waals surface area contributed by atoms with E-state index in [1.807, 2.05) is 0 Å². The molecule has 2 fully saturated rings. The summed E-state index contributed by atoms with van der Waals surface area (Å²) in [4.78, 5) is 5.37. The quantitative estimate of drug-likeness (QED) is 0.546. The largest absolute Gasteiger partial charge is 0.301 e. The molecule has 1 saturated carbocycles. The zero-order chi connectivity index (χ0) is 17.5. The van der Waals surface area contributed by atoms with E-state index in [4.69, 9.17) is 0 Å². The number of rotatable bonds is 8. The molecule has 1 unspecified atom stereocenters. The van der Waals surface area contributed by atoms with Crippen LogP contribution in [0.5, 0.6) is 0 Å². The molecule has 0 amide bonds. The highest BCUT2D eigenvalue weighted by Crippen LogP contribution is 2.34. The number of hydrogen-bond acceptors (Lipinski definition) is 2. The minimum absolute atomic E-state index is 0.702. The van der Waals surface area contributed by atoms with Crippen molar-refractivity contribution in [1.82, 2.24) is 9.80 Å². The third kappa shape index (κ3) is 6.67. The molecule has 24 heavy (non-hydrogen) atoms. The van der Waals surface area contributed by atoms with Gasteiger partial charge in [0, 0.05) is 31.7 Å². The molecule has 2 rings (SSSR count). The van der Waals surface area contributed by atoms with Crippen LogP contribution in [0.15, 0.2) is 0 Å². The van der Waals surface area contributed by atoms with Crippen LogP contribution in [-0.4, -0.2) is 48.1 Å². The molecule has 0 bridgehead atoms. The third-order valence-electron chi connectivity index (χ3n) is 6.53. The molecule has 1 aliphatic carbocycles. The molecule has 1 aliphatic heterocycles. The number of unbranched alkanes of at least 4 members (excludes halogenated alkanes) is 1. The van der Waals surface area contributed by atoms with Crippen molar-refractivity contribution in [2.45, 2.75) is 98.1 Å². The average Bonchev–Trinajstić information content (AvgIpc) is 2.52. The second kappa shape index (κ2) is 10.2. The van der Waals surface area contributed by atoms with Gasteiger partial charge in [-0.15, -0.1) is 0 Å². The van der Waals surface area contributed by atoms with E-state index < -0.39 is 0 Å². The van der Waals surface area contributed by atoms with Gasteiger partial charge in [0.15, 0.2) is 0 Å². The van der Waals surface area contributed by atoms with Crippen LogP contribution in [0.4, 0.5) is 0 Å². The highest BCUT2D eigenvalue weighted by atomic mass is 15.3. The van der Waals surface area contributed by atoms with Crippen molar-refractivity contribution in [3.05, 3.63) is 0 Å². The fourth-order valence-corrected chi connectivity index (χ4v) is 5.21. The lowest BCUT2D eigenvalue weighted by Gasteiger charge is -2.42. The van der Waals surface area contributed by atoms with Crippen LogP contribution in [0.3, 0.4) is 0 Å². The first-order valence-electron chi connectivity index (χ1n) is 10.9. The van der Waals surface area contributed by atoms with Crippen LogP contribution < -0.4 is 0 Å². The Labute approximate surface area is 152 Å². The van der Waals surface area contributed by atoms with Crippen LogP contribution >= 0.6 is 0 Å². The number of piperazine rings is 1. The van der Waals surface area contributed by atoms with Crippen LogP contribution in [0.25, 0.3) is 0 Å². The summed E-state index contributed by atoms with van der Waals surface area (Å²) in [6.45, 7) is 17.0. The van der Waals surface area contributed by atoms with E-state index in [0.717, 1.165) is 23.8 Å². The Morgan fingerprint density at radius 2 is 1.54 bits per heavy atom. The molecule has 2 nitrogen and oxygen atoms in total. The fraction of sp³-hybridized carbons (Fsp3) is 1.00. The summed E-state index contributed by atoms with van der Waals surface area (Å²) in [6, 6.07) is 1.43. The Morgan fingerprint density at radius 1 is 0.875 bits per heavy atom. The highest BCUT2D eigenvalue weighted by molar-refractivity contribution is 4.81. The molecule has 1 heterocycles. The van der Waals surface area contributed by atoms with Gasteiger partial charge in [-0.2, -0.15) is 0 Å². The lowest BCUT2D eigenvalue weighted by molar-refractivity contribution is 0.0592. The minimum atomic E-state index is 0.702. The lowest BCUT2D eigenvalue weighted by Crippen LogP contribution is -2.54. The average molecular weight is 337 g/mol. The van der Waals surface area contributed by atoms with Gasteiger partial charge >= 0.3 is 0 Å². The second-order valence-electron chi connectivity index (χ2n) is 9.49. The van der Waals surface area contributed by atoms with Crippen molar-refractivity contribution >= 4 is 0 Å². The van der Waals surface area contributed by atoms with E-state index in [0.29, 0.717) is 6.04 Å². The van der Waals surface area contributed by atoms with Gasteiger partial charge in [0.1, 0.15) is 0 Å². The summed E-state index contributed by atoms with van der Waals surface area (Å²) in [5.74, 6) is 2.98. The zero-order valence-electron chi connectivity index (χ0n) is 17.3. The van der Waals surface area contributed by atoms with Gasteiger partial charge in [-0.05, 0) is 57.9 Å². The van der Waals surface area contributed by atoms with Gasteiger partial charge in [-0.1, -0.05) is 52.4 Å². The predicted octanol–water partition coefficient (Wildman–Crippen LogP) is 5.42. The van der Waals surface area contributed by atoms with Gasteiger partial charge in [0.05, 0.1) is 0 Å². The summed E-state index contributed by atoms with van der Waals surface area (Å²) in [5, 5.41) is 0. The Bertz CT molecular complexity index is 331. The Morgan fingerprint density at radius 3 is 2.12 bits per heavy atom. The summed E-state index contributed by atoms with van der Waals surface area (Å²) < 4.78 is 0. The summed E-state index contributed by atoms with van der Waals surface area (Å²) in [7, 11) is 0. The van der Waals surface area contributed by atoms with E-state index in [1.165, 1.54) is 77.5 Å². The van der Waals surface area contributed by atoms with Crippen LogP contribution in [0, 0.1) is 17.8 Å². The molecule has 2 heteroatoms. The first-order chi connectivity index (χ1) is 11.5. The molecule has 1 saturated heterocycles. The maximum atomic E-state index is 2.71. The van der Waals surface area contributed by atoms with Crippen molar-refractivity contribution in [2.75, 3.05) is 26.2 Å². The van der Waals surface area contributed by atoms with Crippen molar-refractivity contribution < 1.29 is 0 Å². The maximum Gasteiger partial charge on any atom is 0.0198 e. The summed E-state index contributed by atoms with van der Waals surface area (Å²) in [5.41, 5.74) is 0.